The number of carbonyl (C=O) groups excluding carboxylic acids is 1. The van der Waals surface area contributed by atoms with Gasteiger partial charge in [-0.15, -0.1) is 0 Å². The standard InChI is InChI=1S/C18H26N2O3S/c1-24(22,23)20(16-6-3-2-4-7-16)11-5-8-18(21)19-17-13-14-9-10-15(17)12-14/h2-4,6-7,14-15,17H,5,8-13H2,1H3,(H,19,21)/t14-,15-,17+/m0/s1. The van der Waals surface area contributed by atoms with Gasteiger partial charge in [0.2, 0.25) is 15.9 Å². The second kappa shape index (κ2) is 7.13. The van der Waals surface area contributed by atoms with Crippen molar-refractivity contribution in [3.05, 3.63) is 30.3 Å². The third kappa shape index (κ3) is 4.09. The number of fused-ring (bicyclic) bond motifs is 2. The zero-order valence-corrected chi connectivity index (χ0v) is 15.0. The van der Waals surface area contributed by atoms with Crippen molar-refractivity contribution in [3.63, 3.8) is 0 Å². The summed E-state index contributed by atoms with van der Waals surface area (Å²) in [4.78, 5) is 12.2. The number of para-hydroxylation sites is 1. The van der Waals surface area contributed by atoms with Crippen molar-refractivity contribution in [1.29, 1.82) is 0 Å². The van der Waals surface area contributed by atoms with Gasteiger partial charge in [0.25, 0.3) is 0 Å². The van der Waals surface area contributed by atoms with Gasteiger partial charge in [-0.1, -0.05) is 24.6 Å². The summed E-state index contributed by atoms with van der Waals surface area (Å²) in [7, 11) is -3.34. The summed E-state index contributed by atoms with van der Waals surface area (Å²) in [6.07, 6.45) is 7.04. The first-order chi connectivity index (χ1) is 11.4. The van der Waals surface area contributed by atoms with E-state index in [1.165, 1.54) is 29.8 Å². The number of amides is 1. The number of sulfonamides is 1. The molecule has 2 aliphatic rings. The van der Waals surface area contributed by atoms with Gasteiger partial charge >= 0.3 is 0 Å². The Kier molecular flexibility index (Phi) is 5.13. The molecule has 0 spiro atoms. The van der Waals surface area contributed by atoms with Crippen LogP contribution >= 0.6 is 0 Å². The first kappa shape index (κ1) is 17.3. The SMILES string of the molecule is CS(=O)(=O)N(CCCC(=O)N[C@@H]1C[C@H]2CC[C@H]1C2)c1ccccc1. The zero-order valence-electron chi connectivity index (χ0n) is 14.1. The average molecular weight is 350 g/mol. The molecular formula is C18H26N2O3S. The van der Waals surface area contributed by atoms with Crippen molar-refractivity contribution < 1.29 is 13.2 Å². The Morgan fingerprint density at radius 1 is 1.21 bits per heavy atom. The molecule has 0 heterocycles. The lowest BCUT2D eigenvalue weighted by Gasteiger charge is -2.24. The van der Waals surface area contributed by atoms with Crippen molar-refractivity contribution in [1.82, 2.24) is 5.32 Å². The number of rotatable bonds is 7. The maximum atomic E-state index is 12.2. The van der Waals surface area contributed by atoms with Crippen molar-refractivity contribution in [2.45, 2.75) is 44.6 Å². The Balaban J connectivity index is 1.49. The number of anilines is 1. The van der Waals surface area contributed by atoms with Gasteiger partial charge in [-0.2, -0.15) is 0 Å². The number of benzene rings is 1. The second-order valence-electron chi connectivity index (χ2n) is 7.12. The van der Waals surface area contributed by atoms with Crippen molar-refractivity contribution in [2.24, 2.45) is 11.8 Å². The van der Waals surface area contributed by atoms with Crippen LogP contribution in [0.15, 0.2) is 30.3 Å². The lowest BCUT2D eigenvalue weighted by molar-refractivity contribution is -0.122. The molecule has 1 N–H and O–H groups in total. The third-order valence-corrected chi connectivity index (χ3v) is 6.49. The largest absolute Gasteiger partial charge is 0.353 e. The Morgan fingerprint density at radius 3 is 2.54 bits per heavy atom. The minimum absolute atomic E-state index is 0.0501. The molecule has 0 aromatic heterocycles. The van der Waals surface area contributed by atoms with Crippen molar-refractivity contribution in [2.75, 3.05) is 17.1 Å². The van der Waals surface area contributed by atoms with Gasteiger partial charge in [0.15, 0.2) is 0 Å². The minimum Gasteiger partial charge on any atom is -0.353 e. The quantitative estimate of drug-likeness (QED) is 0.822. The highest BCUT2D eigenvalue weighted by Gasteiger charge is 2.39. The van der Waals surface area contributed by atoms with E-state index in [2.05, 4.69) is 5.32 Å². The molecule has 24 heavy (non-hydrogen) atoms. The topological polar surface area (TPSA) is 66.5 Å². The minimum atomic E-state index is -3.34. The number of hydrogen-bond acceptors (Lipinski definition) is 3. The predicted octanol–water partition coefficient (Wildman–Crippen LogP) is 2.54. The number of nitrogens with zero attached hydrogens (tertiary/aromatic N) is 1. The van der Waals surface area contributed by atoms with Crippen LogP contribution in [0.3, 0.4) is 0 Å². The van der Waals surface area contributed by atoms with E-state index in [1.54, 1.807) is 12.1 Å². The van der Waals surface area contributed by atoms with Crippen molar-refractivity contribution in [3.8, 4) is 0 Å². The molecule has 2 fully saturated rings. The fourth-order valence-corrected chi connectivity index (χ4v) is 5.13. The molecule has 0 radical (unpaired) electrons. The molecule has 2 saturated carbocycles. The number of hydrogen-bond donors (Lipinski definition) is 1. The molecule has 0 aliphatic heterocycles. The first-order valence-corrected chi connectivity index (χ1v) is 10.6. The maximum absolute atomic E-state index is 12.2. The summed E-state index contributed by atoms with van der Waals surface area (Å²) < 4.78 is 25.4. The second-order valence-corrected chi connectivity index (χ2v) is 9.03. The molecule has 2 bridgehead atoms. The van der Waals surface area contributed by atoms with E-state index in [4.69, 9.17) is 0 Å². The molecular weight excluding hydrogens is 324 g/mol. The van der Waals surface area contributed by atoms with Gasteiger partial charge in [0.05, 0.1) is 11.9 Å². The van der Waals surface area contributed by atoms with Gasteiger partial charge in [-0.25, -0.2) is 8.42 Å². The molecule has 3 rings (SSSR count). The summed E-state index contributed by atoms with van der Waals surface area (Å²) in [5.74, 6) is 1.52. The molecule has 5 nitrogen and oxygen atoms in total. The predicted molar refractivity (Wildman–Crippen MR) is 95.2 cm³/mol. The Bertz CT molecular complexity index is 675. The zero-order chi connectivity index (χ0) is 17.2. The van der Waals surface area contributed by atoms with Gasteiger partial charge in [0, 0.05) is 19.0 Å². The number of carbonyl (C=O) groups is 1. The Labute approximate surface area is 144 Å². The summed E-state index contributed by atoms with van der Waals surface area (Å²) in [6, 6.07) is 9.38. The van der Waals surface area contributed by atoms with Crippen LogP contribution in [0.4, 0.5) is 5.69 Å². The van der Waals surface area contributed by atoms with Crippen LogP contribution in [-0.2, 0) is 14.8 Å². The van der Waals surface area contributed by atoms with Crippen LogP contribution in [0.2, 0.25) is 0 Å². The fraction of sp³-hybridized carbons (Fsp3) is 0.611. The van der Waals surface area contributed by atoms with E-state index in [0.717, 1.165) is 12.3 Å². The molecule has 0 unspecified atom stereocenters. The molecule has 1 aromatic carbocycles. The highest BCUT2D eigenvalue weighted by atomic mass is 32.2. The van der Waals surface area contributed by atoms with Gasteiger partial charge in [-0.3, -0.25) is 9.10 Å². The van der Waals surface area contributed by atoms with Crippen LogP contribution in [0.5, 0.6) is 0 Å². The lowest BCUT2D eigenvalue weighted by Crippen LogP contribution is -2.39. The van der Waals surface area contributed by atoms with Gasteiger partial charge in [-0.05, 0) is 49.7 Å². The summed E-state index contributed by atoms with van der Waals surface area (Å²) in [5.41, 5.74) is 0.647. The number of nitrogens with one attached hydrogen (secondary N) is 1. The van der Waals surface area contributed by atoms with E-state index in [9.17, 15) is 13.2 Å². The first-order valence-electron chi connectivity index (χ1n) is 8.75. The summed E-state index contributed by atoms with van der Waals surface area (Å²) >= 11 is 0. The van der Waals surface area contributed by atoms with Crippen molar-refractivity contribution >= 4 is 21.6 Å². The van der Waals surface area contributed by atoms with E-state index in [0.29, 0.717) is 37.0 Å². The Morgan fingerprint density at radius 2 is 1.96 bits per heavy atom. The average Bonchev–Trinajstić information content (AvgIpc) is 3.14. The fourth-order valence-electron chi connectivity index (χ4n) is 4.16. The summed E-state index contributed by atoms with van der Waals surface area (Å²) in [5, 5.41) is 3.16. The molecule has 2 aliphatic carbocycles. The third-order valence-electron chi connectivity index (χ3n) is 5.29. The van der Waals surface area contributed by atoms with Crippen LogP contribution in [0.1, 0.15) is 38.5 Å². The van der Waals surface area contributed by atoms with E-state index >= 15 is 0 Å². The van der Waals surface area contributed by atoms with Gasteiger partial charge in [0.1, 0.15) is 0 Å². The van der Waals surface area contributed by atoms with Crippen LogP contribution < -0.4 is 9.62 Å². The van der Waals surface area contributed by atoms with Crippen LogP contribution in [0, 0.1) is 11.8 Å². The Hall–Kier alpha value is -1.56. The van der Waals surface area contributed by atoms with E-state index < -0.39 is 10.0 Å². The van der Waals surface area contributed by atoms with E-state index in [-0.39, 0.29) is 5.91 Å². The molecule has 6 heteroatoms. The van der Waals surface area contributed by atoms with Gasteiger partial charge < -0.3 is 5.32 Å². The highest BCUT2D eigenvalue weighted by molar-refractivity contribution is 7.92. The van der Waals surface area contributed by atoms with E-state index in [1.807, 2.05) is 18.2 Å². The molecule has 1 aromatic rings. The normalized spacial score (nSPS) is 25.6. The van der Waals surface area contributed by atoms with Crippen LogP contribution in [0.25, 0.3) is 0 Å². The summed E-state index contributed by atoms with van der Waals surface area (Å²) in [6.45, 7) is 0.326. The van der Waals surface area contributed by atoms with Crippen LogP contribution in [-0.4, -0.2) is 33.2 Å². The molecule has 132 valence electrons. The molecule has 0 saturated heterocycles. The maximum Gasteiger partial charge on any atom is 0.232 e. The highest BCUT2D eigenvalue weighted by Crippen LogP contribution is 2.44. The smallest absolute Gasteiger partial charge is 0.232 e. The molecule has 3 atom stereocenters. The monoisotopic (exact) mass is 350 g/mol. The lowest BCUT2D eigenvalue weighted by atomic mass is 9.95. The molecule has 1 amide bonds.